The van der Waals surface area contributed by atoms with Crippen molar-refractivity contribution < 1.29 is 25.2 Å². The summed E-state index contributed by atoms with van der Waals surface area (Å²) in [4.78, 5) is 0. The van der Waals surface area contributed by atoms with Gasteiger partial charge in [-0.15, -0.1) is 0 Å². The highest BCUT2D eigenvalue weighted by molar-refractivity contribution is 4.84. The molecule has 1 aliphatic rings. The first-order valence-corrected chi connectivity index (χ1v) is 4.42. The molecule has 0 amide bonds. The smallest absolute Gasteiger partial charge is 0.109 e. The second kappa shape index (κ2) is 4.88. The van der Waals surface area contributed by atoms with E-state index in [1.54, 1.807) is 0 Å². The van der Waals surface area contributed by atoms with E-state index in [4.69, 9.17) is 14.9 Å². The molecule has 0 radical (unpaired) electrons. The molecule has 0 bridgehead atoms. The maximum absolute atomic E-state index is 9.35. The fourth-order valence-electron chi connectivity index (χ4n) is 1.52. The average Bonchev–Trinajstić information content (AvgIpc) is 2.11. The first-order chi connectivity index (χ1) is 6.19. The zero-order valence-corrected chi connectivity index (χ0v) is 7.33. The number of rotatable bonds is 3. The molecule has 4 atom stereocenters. The first-order valence-electron chi connectivity index (χ1n) is 4.42. The molecule has 0 aromatic rings. The Bertz CT molecular complexity index is 151. The van der Waals surface area contributed by atoms with E-state index in [0.29, 0.717) is 12.8 Å². The molecule has 13 heavy (non-hydrogen) atoms. The summed E-state index contributed by atoms with van der Waals surface area (Å²) in [6, 6.07) is 0. The molecule has 4 N–H and O–H groups in total. The van der Waals surface area contributed by atoms with Gasteiger partial charge in [0.2, 0.25) is 0 Å². The normalized spacial score (nSPS) is 40.6. The van der Waals surface area contributed by atoms with Crippen molar-refractivity contribution in [2.24, 2.45) is 0 Å². The molecule has 1 rings (SSSR count). The summed E-state index contributed by atoms with van der Waals surface area (Å²) < 4.78 is 5.24. The first kappa shape index (κ1) is 10.9. The quantitative estimate of drug-likeness (QED) is 0.425. The van der Waals surface area contributed by atoms with E-state index in [1.165, 1.54) is 0 Å². The Morgan fingerprint density at radius 1 is 1.23 bits per heavy atom. The predicted molar refractivity (Wildman–Crippen MR) is 44.1 cm³/mol. The van der Waals surface area contributed by atoms with Gasteiger partial charge in [0.1, 0.15) is 12.2 Å². The van der Waals surface area contributed by atoms with Gasteiger partial charge in [-0.1, -0.05) is 0 Å². The van der Waals surface area contributed by atoms with Crippen molar-refractivity contribution in [2.75, 3.05) is 13.2 Å². The van der Waals surface area contributed by atoms with Crippen molar-refractivity contribution in [3.8, 4) is 0 Å². The molecule has 1 aliphatic heterocycles. The van der Waals surface area contributed by atoms with Crippen LogP contribution in [0.2, 0.25) is 0 Å². The third kappa shape index (κ3) is 2.62. The fraction of sp³-hybridized carbons (Fsp3) is 1.00. The molecule has 5 nitrogen and oxygen atoms in total. The number of aliphatic hydroxyl groups is 4. The lowest BCUT2D eigenvalue weighted by Gasteiger charge is -2.36. The molecule has 78 valence electrons. The van der Waals surface area contributed by atoms with Crippen LogP contribution in [0.4, 0.5) is 0 Å². The van der Waals surface area contributed by atoms with Gasteiger partial charge in [-0.2, -0.15) is 0 Å². The standard InChI is InChI=1S/C8H16O5/c9-2-1-5-3-6(11)8(12)7(4-10)13-5/h5-12H,1-4H2. The van der Waals surface area contributed by atoms with Gasteiger partial charge in [0.25, 0.3) is 0 Å². The minimum absolute atomic E-state index is 0.0222. The maximum atomic E-state index is 9.35. The SMILES string of the molecule is OCCC1CC(O)C(O)C(CO)O1. The van der Waals surface area contributed by atoms with Gasteiger partial charge in [-0.05, 0) is 6.42 Å². The molecule has 4 unspecified atom stereocenters. The number of aliphatic hydroxyl groups excluding tert-OH is 4. The van der Waals surface area contributed by atoms with Crippen molar-refractivity contribution in [1.82, 2.24) is 0 Å². The Kier molecular flexibility index (Phi) is 4.08. The average molecular weight is 192 g/mol. The van der Waals surface area contributed by atoms with Crippen LogP contribution in [0.1, 0.15) is 12.8 Å². The minimum Gasteiger partial charge on any atom is -0.396 e. The van der Waals surface area contributed by atoms with E-state index in [0.717, 1.165) is 0 Å². The molecule has 0 spiro atoms. The summed E-state index contributed by atoms with van der Waals surface area (Å²) in [6.45, 7) is -0.341. The van der Waals surface area contributed by atoms with Gasteiger partial charge in [-0.3, -0.25) is 0 Å². The van der Waals surface area contributed by atoms with E-state index >= 15 is 0 Å². The predicted octanol–water partition coefficient (Wildman–Crippen LogP) is -1.76. The Morgan fingerprint density at radius 3 is 2.46 bits per heavy atom. The Balaban J connectivity index is 2.47. The number of hydrogen-bond donors (Lipinski definition) is 4. The molecule has 5 heteroatoms. The molecular weight excluding hydrogens is 176 g/mol. The molecule has 0 aromatic carbocycles. The second-order valence-electron chi connectivity index (χ2n) is 3.29. The van der Waals surface area contributed by atoms with Gasteiger partial charge in [0.15, 0.2) is 0 Å². The lowest BCUT2D eigenvalue weighted by atomic mass is 9.97. The summed E-state index contributed by atoms with van der Waals surface area (Å²) in [7, 11) is 0. The van der Waals surface area contributed by atoms with Crippen LogP contribution in [-0.4, -0.2) is 58.1 Å². The van der Waals surface area contributed by atoms with Gasteiger partial charge >= 0.3 is 0 Å². The third-order valence-corrected chi connectivity index (χ3v) is 2.28. The van der Waals surface area contributed by atoms with Crippen LogP contribution in [0.5, 0.6) is 0 Å². The maximum Gasteiger partial charge on any atom is 0.109 e. The number of ether oxygens (including phenoxy) is 1. The Morgan fingerprint density at radius 2 is 1.92 bits per heavy atom. The van der Waals surface area contributed by atoms with Crippen LogP contribution in [0, 0.1) is 0 Å². The van der Waals surface area contributed by atoms with Crippen LogP contribution in [0.25, 0.3) is 0 Å². The highest BCUT2D eigenvalue weighted by Crippen LogP contribution is 2.21. The van der Waals surface area contributed by atoms with E-state index in [9.17, 15) is 10.2 Å². The van der Waals surface area contributed by atoms with Crippen molar-refractivity contribution in [3.05, 3.63) is 0 Å². The monoisotopic (exact) mass is 192 g/mol. The van der Waals surface area contributed by atoms with E-state index in [-0.39, 0.29) is 19.3 Å². The number of hydrogen-bond acceptors (Lipinski definition) is 5. The van der Waals surface area contributed by atoms with E-state index in [2.05, 4.69) is 0 Å². The Hall–Kier alpha value is -0.200. The van der Waals surface area contributed by atoms with Crippen LogP contribution >= 0.6 is 0 Å². The van der Waals surface area contributed by atoms with Gasteiger partial charge in [0.05, 0.1) is 18.8 Å². The molecular formula is C8H16O5. The van der Waals surface area contributed by atoms with Crippen molar-refractivity contribution >= 4 is 0 Å². The van der Waals surface area contributed by atoms with Crippen molar-refractivity contribution in [2.45, 2.75) is 37.3 Å². The lowest BCUT2D eigenvalue weighted by Crippen LogP contribution is -2.49. The van der Waals surface area contributed by atoms with Crippen molar-refractivity contribution in [3.63, 3.8) is 0 Å². The molecule has 1 heterocycles. The fourth-order valence-corrected chi connectivity index (χ4v) is 1.52. The highest BCUT2D eigenvalue weighted by Gasteiger charge is 2.35. The highest BCUT2D eigenvalue weighted by atomic mass is 16.5. The van der Waals surface area contributed by atoms with Gasteiger partial charge in [-0.25, -0.2) is 0 Å². The topological polar surface area (TPSA) is 90.2 Å². The van der Waals surface area contributed by atoms with Crippen molar-refractivity contribution in [1.29, 1.82) is 0 Å². The Labute approximate surface area is 76.6 Å². The molecule has 0 saturated carbocycles. The molecule has 1 saturated heterocycles. The van der Waals surface area contributed by atoms with Crippen LogP contribution < -0.4 is 0 Å². The second-order valence-corrected chi connectivity index (χ2v) is 3.29. The zero-order chi connectivity index (χ0) is 9.84. The summed E-state index contributed by atoms with van der Waals surface area (Å²) in [5, 5.41) is 36.1. The largest absolute Gasteiger partial charge is 0.396 e. The molecule has 0 aromatic heterocycles. The van der Waals surface area contributed by atoms with E-state index < -0.39 is 18.3 Å². The summed E-state index contributed by atoms with van der Waals surface area (Å²) in [5.74, 6) is 0. The molecule has 1 fully saturated rings. The van der Waals surface area contributed by atoms with Gasteiger partial charge < -0.3 is 25.2 Å². The zero-order valence-electron chi connectivity index (χ0n) is 7.33. The van der Waals surface area contributed by atoms with Gasteiger partial charge in [0, 0.05) is 13.0 Å². The summed E-state index contributed by atoms with van der Waals surface area (Å²) >= 11 is 0. The third-order valence-electron chi connectivity index (χ3n) is 2.28. The minimum atomic E-state index is -1.03. The molecule has 0 aliphatic carbocycles. The van der Waals surface area contributed by atoms with Crippen LogP contribution in [0.3, 0.4) is 0 Å². The lowest BCUT2D eigenvalue weighted by molar-refractivity contribution is -0.182. The van der Waals surface area contributed by atoms with Crippen LogP contribution in [-0.2, 0) is 4.74 Å². The summed E-state index contributed by atoms with van der Waals surface area (Å²) in [6.07, 6.45) is -2.19. The van der Waals surface area contributed by atoms with Crippen LogP contribution in [0.15, 0.2) is 0 Å². The van der Waals surface area contributed by atoms with E-state index in [1.807, 2.05) is 0 Å². The summed E-state index contributed by atoms with van der Waals surface area (Å²) in [5.41, 5.74) is 0.